The molecule has 2 rings (SSSR count). The third-order valence-electron chi connectivity index (χ3n) is 3.32. The molecule has 23 heavy (non-hydrogen) atoms. The van der Waals surface area contributed by atoms with Crippen LogP contribution in [0.5, 0.6) is 11.5 Å². The first-order valence-electron chi connectivity index (χ1n) is 7.29. The lowest BCUT2D eigenvalue weighted by Crippen LogP contribution is -2.22. The third kappa shape index (κ3) is 4.66. The van der Waals surface area contributed by atoms with Gasteiger partial charge in [0.1, 0.15) is 0 Å². The topological polar surface area (TPSA) is 47.6 Å². The Morgan fingerprint density at radius 3 is 2.48 bits per heavy atom. The zero-order valence-electron chi connectivity index (χ0n) is 13.8. The quantitative estimate of drug-likeness (QED) is 0.809. The maximum absolute atomic E-state index is 12.3. The largest absolute Gasteiger partial charge is 0.493 e. The zero-order valence-corrected chi connectivity index (χ0v) is 14.6. The third-order valence-corrected chi connectivity index (χ3v) is 4.42. The molecule has 0 heterocycles. The van der Waals surface area contributed by atoms with E-state index in [-0.39, 0.29) is 11.2 Å². The van der Waals surface area contributed by atoms with Gasteiger partial charge < -0.3 is 14.8 Å². The average molecular weight is 331 g/mol. The van der Waals surface area contributed by atoms with Gasteiger partial charge in [0.25, 0.3) is 0 Å². The van der Waals surface area contributed by atoms with Crippen molar-refractivity contribution in [2.24, 2.45) is 0 Å². The highest BCUT2D eigenvalue weighted by atomic mass is 32.2. The first-order chi connectivity index (χ1) is 11.0. The van der Waals surface area contributed by atoms with Crippen LogP contribution in [0.2, 0.25) is 0 Å². The summed E-state index contributed by atoms with van der Waals surface area (Å²) in [6, 6.07) is 13.4. The van der Waals surface area contributed by atoms with E-state index < -0.39 is 0 Å². The van der Waals surface area contributed by atoms with Crippen LogP contribution in [0.15, 0.2) is 47.4 Å². The summed E-state index contributed by atoms with van der Waals surface area (Å²) in [6.07, 6.45) is 0. The smallest absolute Gasteiger partial charge is 0.237 e. The summed E-state index contributed by atoms with van der Waals surface area (Å²) in [5, 5.41) is 2.71. The molecule has 0 spiro atoms. The molecule has 0 aliphatic rings. The van der Waals surface area contributed by atoms with Crippen LogP contribution in [0.1, 0.15) is 12.5 Å². The van der Waals surface area contributed by atoms with Crippen molar-refractivity contribution < 1.29 is 14.3 Å². The van der Waals surface area contributed by atoms with Gasteiger partial charge in [0.2, 0.25) is 5.91 Å². The molecule has 4 nitrogen and oxygen atoms in total. The summed E-state index contributed by atoms with van der Waals surface area (Å²) < 4.78 is 10.5. The highest BCUT2D eigenvalue weighted by molar-refractivity contribution is 8.00. The van der Waals surface area contributed by atoms with Gasteiger partial charge in [-0.3, -0.25) is 4.79 Å². The first-order valence-corrected chi connectivity index (χ1v) is 8.17. The van der Waals surface area contributed by atoms with Crippen molar-refractivity contribution in [3.05, 3.63) is 48.0 Å². The molecule has 0 aliphatic heterocycles. The van der Waals surface area contributed by atoms with Crippen LogP contribution < -0.4 is 14.8 Å². The van der Waals surface area contributed by atoms with Crippen molar-refractivity contribution >= 4 is 23.4 Å². The molecule has 1 amide bonds. The second-order valence-electron chi connectivity index (χ2n) is 5.14. The molecule has 5 heteroatoms. The van der Waals surface area contributed by atoms with E-state index >= 15 is 0 Å². The Morgan fingerprint density at radius 2 is 1.83 bits per heavy atom. The Morgan fingerprint density at radius 1 is 1.09 bits per heavy atom. The number of hydrogen-bond donors (Lipinski definition) is 1. The van der Waals surface area contributed by atoms with Crippen molar-refractivity contribution in [3.63, 3.8) is 0 Å². The Labute approximate surface area is 141 Å². The highest BCUT2D eigenvalue weighted by Gasteiger charge is 2.16. The number of nitrogens with one attached hydrogen (secondary N) is 1. The van der Waals surface area contributed by atoms with E-state index in [2.05, 4.69) is 5.32 Å². The number of carbonyl (C=O) groups excluding carboxylic acids is 1. The molecule has 0 radical (unpaired) electrons. The minimum absolute atomic E-state index is 0.0321. The van der Waals surface area contributed by atoms with Gasteiger partial charge in [-0.1, -0.05) is 12.1 Å². The molecule has 0 fully saturated rings. The second-order valence-corrected chi connectivity index (χ2v) is 6.55. The molecule has 0 saturated carbocycles. The van der Waals surface area contributed by atoms with E-state index in [9.17, 15) is 4.79 Å². The standard InChI is InChI=1S/C18H21NO3S/c1-12-6-5-7-14(10-12)19-18(20)13(2)23-15-8-9-16(21-3)17(11-15)22-4/h5-11,13H,1-4H3,(H,19,20)/t13-/m1/s1. The van der Waals surface area contributed by atoms with E-state index in [4.69, 9.17) is 9.47 Å². The molecular formula is C18H21NO3S. The number of hydrogen-bond acceptors (Lipinski definition) is 4. The lowest BCUT2D eigenvalue weighted by molar-refractivity contribution is -0.115. The minimum atomic E-state index is -0.228. The lowest BCUT2D eigenvalue weighted by atomic mass is 10.2. The number of carbonyl (C=O) groups is 1. The number of rotatable bonds is 6. The fourth-order valence-electron chi connectivity index (χ4n) is 2.11. The summed E-state index contributed by atoms with van der Waals surface area (Å²) in [5.41, 5.74) is 1.93. The van der Waals surface area contributed by atoms with Gasteiger partial charge in [-0.25, -0.2) is 0 Å². The predicted octanol–water partition coefficient (Wildman–Crippen LogP) is 4.13. The van der Waals surface area contributed by atoms with E-state index in [1.807, 2.05) is 56.3 Å². The summed E-state index contributed by atoms with van der Waals surface area (Å²) in [5.74, 6) is 1.30. The van der Waals surface area contributed by atoms with Gasteiger partial charge in [0.15, 0.2) is 11.5 Å². The maximum Gasteiger partial charge on any atom is 0.237 e. The van der Waals surface area contributed by atoms with E-state index in [0.717, 1.165) is 16.1 Å². The van der Waals surface area contributed by atoms with Gasteiger partial charge in [-0.15, -0.1) is 11.8 Å². The maximum atomic E-state index is 12.3. The molecule has 0 aromatic heterocycles. The monoisotopic (exact) mass is 331 g/mol. The highest BCUT2D eigenvalue weighted by Crippen LogP contribution is 2.33. The van der Waals surface area contributed by atoms with Crippen LogP contribution in [-0.4, -0.2) is 25.4 Å². The van der Waals surface area contributed by atoms with Crippen molar-refractivity contribution in [3.8, 4) is 11.5 Å². The average Bonchev–Trinajstić information content (AvgIpc) is 2.54. The molecule has 122 valence electrons. The van der Waals surface area contributed by atoms with Crippen molar-refractivity contribution in [2.45, 2.75) is 24.0 Å². The number of benzene rings is 2. The van der Waals surface area contributed by atoms with Crippen LogP contribution in [0.3, 0.4) is 0 Å². The fraction of sp³-hybridized carbons (Fsp3) is 0.278. The van der Waals surface area contributed by atoms with Crippen LogP contribution in [0, 0.1) is 6.92 Å². The molecule has 0 aliphatic carbocycles. The molecule has 0 saturated heterocycles. The van der Waals surface area contributed by atoms with Gasteiger partial charge in [-0.05, 0) is 49.7 Å². The van der Waals surface area contributed by atoms with Crippen molar-refractivity contribution in [2.75, 3.05) is 19.5 Å². The number of ether oxygens (including phenoxy) is 2. The molecular weight excluding hydrogens is 310 g/mol. The SMILES string of the molecule is COc1ccc(S[C@H](C)C(=O)Nc2cccc(C)c2)cc1OC. The van der Waals surface area contributed by atoms with Crippen LogP contribution in [0.4, 0.5) is 5.69 Å². The number of methoxy groups -OCH3 is 2. The fourth-order valence-corrected chi connectivity index (χ4v) is 3.01. The van der Waals surface area contributed by atoms with Crippen LogP contribution in [0.25, 0.3) is 0 Å². The normalized spacial score (nSPS) is 11.7. The number of amides is 1. The van der Waals surface area contributed by atoms with Gasteiger partial charge in [-0.2, -0.15) is 0 Å². The summed E-state index contributed by atoms with van der Waals surface area (Å²) in [4.78, 5) is 13.3. The summed E-state index contributed by atoms with van der Waals surface area (Å²) in [7, 11) is 3.20. The Bertz CT molecular complexity index is 688. The second kappa shape index (κ2) is 7.92. The molecule has 1 N–H and O–H groups in total. The van der Waals surface area contributed by atoms with Crippen LogP contribution >= 0.6 is 11.8 Å². The summed E-state index contributed by atoms with van der Waals surface area (Å²) >= 11 is 1.48. The first kappa shape index (κ1) is 17.2. The Hall–Kier alpha value is -2.14. The van der Waals surface area contributed by atoms with E-state index in [1.54, 1.807) is 14.2 Å². The number of anilines is 1. The summed E-state index contributed by atoms with van der Waals surface area (Å²) in [6.45, 7) is 3.88. The molecule has 2 aromatic rings. The minimum Gasteiger partial charge on any atom is -0.493 e. The predicted molar refractivity (Wildman–Crippen MR) is 94.7 cm³/mol. The van der Waals surface area contributed by atoms with Crippen molar-refractivity contribution in [1.82, 2.24) is 0 Å². The van der Waals surface area contributed by atoms with Gasteiger partial charge in [0.05, 0.1) is 19.5 Å². The number of aryl methyl sites for hydroxylation is 1. The van der Waals surface area contributed by atoms with Crippen LogP contribution in [-0.2, 0) is 4.79 Å². The molecule has 0 bridgehead atoms. The lowest BCUT2D eigenvalue weighted by Gasteiger charge is -2.14. The van der Waals surface area contributed by atoms with Gasteiger partial charge in [0, 0.05) is 10.6 Å². The van der Waals surface area contributed by atoms with Gasteiger partial charge >= 0.3 is 0 Å². The zero-order chi connectivity index (χ0) is 16.8. The Balaban J connectivity index is 2.03. The van der Waals surface area contributed by atoms with Crippen molar-refractivity contribution in [1.29, 1.82) is 0 Å². The molecule has 0 unspecified atom stereocenters. The number of thioether (sulfide) groups is 1. The van der Waals surface area contributed by atoms with E-state index in [1.165, 1.54) is 11.8 Å². The Kier molecular flexibility index (Phi) is 5.93. The van der Waals surface area contributed by atoms with E-state index in [0.29, 0.717) is 11.5 Å². The molecule has 1 atom stereocenters. The molecule has 2 aromatic carbocycles.